The summed E-state index contributed by atoms with van der Waals surface area (Å²) in [6.45, 7) is 0. The van der Waals surface area contributed by atoms with Crippen LogP contribution in [-0.2, 0) is 0 Å². The van der Waals surface area contributed by atoms with Crippen molar-refractivity contribution in [1.82, 2.24) is 0 Å². The standard InChI is InChI=1S/C9H6O2.N3/c10-9-6-5-7-3-1-2-4-8(7)11-9;1-3-2/h1-6H;/q;-1. The molecule has 5 heteroatoms. The Kier molecular flexibility index (Phi) is 3.29. The van der Waals surface area contributed by atoms with Gasteiger partial charge >= 0.3 is 5.63 Å². The molecule has 0 atom stereocenters. The molecule has 0 aliphatic rings. The van der Waals surface area contributed by atoms with E-state index in [0.717, 1.165) is 5.39 Å². The van der Waals surface area contributed by atoms with Crippen LogP contribution in [0.15, 0.2) is 45.6 Å². The molecule has 14 heavy (non-hydrogen) atoms. The SMILES string of the molecule is O=c1ccc2ccccc2o1.[N-]=[N+]=[N-]. The van der Waals surface area contributed by atoms with E-state index >= 15 is 0 Å². The lowest BCUT2D eigenvalue weighted by Gasteiger charge is -1.91. The van der Waals surface area contributed by atoms with Crippen LogP contribution in [0.4, 0.5) is 0 Å². The molecule has 0 amide bonds. The first-order valence-electron chi connectivity index (χ1n) is 3.75. The fourth-order valence-corrected chi connectivity index (χ4v) is 1.01. The van der Waals surface area contributed by atoms with Gasteiger partial charge in [-0.1, -0.05) is 18.2 Å². The van der Waals surface area contributed by atoms with Gasteiger partial charge in [0.1, 0.15) is 5.58 Å². The average molecular weight is 188 g/mol. The zero-order valence-corrected chi connectivity index (χ0v) is 7.12. The van der Waals surface area contributed by atoms with Crippen molar-refractivity contribution in [3.63, 3.8) is 0 Å². The Morgan fingerprint density at radius 1 is 1.07 bits per heavy atom. The second-order valence-corrected chi connectivity index (χ2v) is 2.38. The van der Waals surface area contributed by atoms with Crippen molar-refractivity contribution in [3.8, 4) is 0 Å². The molecule has 2 aromatic rings. The van der Waals surface area contributed by atoms with E-state index in [2.05, 4.69) is 0 Å². The molecular formula is C9H6N3O2-. The summed E-state index contributed by atoms with van der Waals surface area (Å²) >= 11 is 0. The lowest BCUT2D eigenvalue weighted by molar-refractivity contribution is 0.561. The summed E-state index contributed by atoms with van der Waals surface area (Å²) < 4.78 is 4.91. The summed E-state index contributed by atoms with van der Waals surface area (Å²) in [5.74, 6) is 0. The van der Waals surface area contributed by atoms with Gasteiger partial charge in [-0.15, -0.1) is 0 Å². The highest BCUT2D eigenvalue weighted by atomic mass is 16.4. The van der Waals surface area contributed by atoms with E-state index in [1.807, 2.05) is 18.2 Å². The molecule has 1 aromatic heterocycles. The molecule has 70 valence electrons. The van der Waals surface area contributed by atoms with Gasteiger partial charge in [-0.05, 0) is 12.1 Å². The van der Waals surface area contributed by atoms with Crippen LogP contribution in [0.3, 0.4) is 0 Å². The fourth-order valence-electron chi connectivity index (χ4n) is 1.01. The second-order valence-electron chi connectivity index (χ2n) is 2.38. The third kappa shape index (κ3) is 2.36. The maximum Gasteiger partial charge on any atom is 0.336 e. The van der Waals surface area contributed by atoms with Crippen molar-refractivity contribution < 1.29 is 4.42 Å². The molecule has 0 bridgehead atoms. The van der Waals surface area contributed by atoms with Gasteiger partial charge in [-0.3, -0.25) is 4.91 Å². The maximum atomic E-state index is 10.7. The summed E-state index contributed by atoms with van der Waals surface area (Å²) in [4.78, 5) is 12.2. The number of rotatable bonds is 0. The summed E-state index contributed by atoms with van der Waals surface area (Å²) in [6, 6.07) is 10.6. The van der Waals surface area contributed by atoms with E-state index in [1.54, 1.807) is 12.1 Å². The Morgan fingerprint density at radius 3 is 2.43 bits per heavy atom. The van der Waals surface area contributed by atoms with Crippen molar-refractivity contribution in [2.45, 2.75) is 0 Å². The third-order valence-electron chi connectivity index (χ3n) is 1.53. The first kappa shape index (κ1) is 9.83. The predicted molar refractivity (Wildman–Crippen MR) is 52.6 cm³/mol. The van der Waals surface area contributed by atoms with Crippen LogP contribution in [0, 0.1) is 0 Å². The molecule has 0 saturated heterocycles. The molecule has 0 radical (unpaired) electrons. The largest absolute Gasteiger partial charge is 0.423 e. The van der Waals surface area contributed by atoms with Gasteiger partial charge in [-0.2, -0.15) is 0 Å². The molecule has 0 saturated carbocycles. The number of fused-ring (bicyclic) bond motifs is 1. The van der Waals surface area contributed by atoms with Crippen molar-refractivity contribution in [3.05, 3.63) is 62.8 Å². The molecular weight excluding hydrogens is 182 g/mol. The van der Waals surface area contributed by atoms with Crippen LogP contribution in [-0.4, -0.2) is 0 Å². The van der Waals surface area contributed by atoms with Gasteiger partial charge in [0.2, 0.25) is 0 Å². The number of hydrogen-bond donors (Lipinski definition) is 0. The average Bonchev–Trinajstić information content (AvgIpc) is 2.19. The van der Waals surface area contributed by atoms with Crippen molar-refractivity contribution in [1.29, 1.82) is 0 Å². The molecule has 0 N–H and O–H groups in total. The van der Waals surface area contributed by atoms with Crippen molar-refractivity contribution in [2.75, 3.05) is 0 Å². The van der Waals surface area contributed by atoms with Gasteiger partial charge in [0.25, 0.3) is 0 Å². The van der Waals surface area contributed by atoms with Crippen LogP contribution >= 0.6 is 0 Å². The molecule has 1 aromatic carbocycles. The first-order chi connectivity index (χ1) is 6.77. The summed E-state index contributed by atoms with van der Waals surface area (Å²) in [5.41, 5.74) is 13.8. The smallest absolute Gasteiger partial charge is 0.336 e. The number of benzene rings is 1. The highest BCUT2D eigenvalue weighted by Crippen LogP contribution is 2.08. The minimum atomic E-state index is -0.302. The van der Waals surface area contributed by atoms with Gasteiger partial charge in [-0.25, -0.2) is 4.79 Å². The number of nitrogens with zero attached hydrogens (tertiary/aromatic N) is 3. The van der Waals surface area contributed by atoms with Crippen LogP contribution in [0.2, 0.25) is 0 Å². The van der Waals surface area contributed by atoms with E-state index < -0.39 is 0 Å². The zero-order valence-electron chi connectivity index (χ0n) is 7.12. The van der Waals surface area contributed by atoms with Crippen LogP contribution in [0.25, 0.3) is 26.9 Å². The Morgan fingerprint density at radius 2 is 1.71 bits per heavy atom. The minimum absolute atomic E-state index is 0.302. The third-order valence-corrected chi connectivity index (χ3v) is 1.53. The highest BCUT2D eigenvalue weighted by Gasteiger charge is 1.92. The minimum Gasteiger partial charge on any atom is -0.423 e. The summed E-state index contributed by atoms with van der Waals surface area (Å²) in [7, 11) is 0. The molecule has 5 nitrogen and oxygen atoms in total. The molecule has 2 rings (SSSR count). The predicted octanol–water partition coefficient (Wildman–Crippen LogP) is 2.66. The molecule has 0 fully saturated rings. The Balaban J connectivity index is 0.000000293. The quantitative estimate of drug-likeness (QED) is 0.275. The fraction of sp³-hybridized carbons (Fsp3) is 0. The topological polar surface area (TPSA) is 88.9 Å². The zero-order chi connectivity index (χ0) is 10.4. The van der Waals surface area contributed by atoms with E-state index in [-0.39, 0.29) is 5.63 Å². The monoisotopic (exact) mass is 188 g/mol. The summed E-state index contributed by atoms with van der Waals surface area (Å²) in [6.07, 6.45) is 0. The van der Waals surface area contributed by atoms with Gasteiger partial charge in [0.15, 0.2) is 0 Å². The Hall–Kier alpha value is -2.26. The molecule has 0 spiro atoms. The lowest BCUT2D eigenvalue weighted by atomic mass is 10.2. The second kappa shape index (κ2) is 4.69. The summed E-state index contributed by atoms with van der Waals surface area (Å²) in [5, 5.41) is 0.951. The first-order valence-corrected chi connectivity index (χ1v) is 3.75. The van der Waals surface area contributed by atoms with E-state index in [9.17, 15) is 4.79 Å². The van der Waals surface area contributed by atoms with Crippen LogP contribution in [0.5, 0.6) is 0 Å². The van der Waals surface area contributed by atoms with Gasteiger partial charge < -0.3 is 15.5 Å². The lowest BCUT2D eigenvalue weighted by Crippen LogP contribution is -1.93. The Bertz CT molecular complexity index is 512. The van der Waals surface area contributed by atoms with Crippen molar-refractivity contribution >= 4 is 11.0 Å². The number of hydrogen-bond acceptors (Lipinski definition) is 2. The molecule has 0 aliphatic heterocycles. The normalized spacial score (nSPS) is 8.57. The van der Waals surface area contributed by atoms with E-state index in [4.69, 9.17) is 15.5 Å². The van der Waals surface area contributed by atoms with Crippen molar-refractivity contribution in [2.24, 2.45) is 0 Å². The van der Waals surface area contributed by atoms with Gasteiger partial charge in [0, 0.05) is 11.5 Å². The molecule has 0 unspecified atom stereocenters. The highest BCUT2D eigenvalue weighted by molar-refractivity contribution is 5.75. The van der Waals surface area contributed by atoms with E-state index in [1.165, 1.54) is 11.0 Å². The van der Waals surface area contributed by atoms with Crippen LogP contribution < -0.4 is 5.63 Å². The maximum absolute atomic E-state index is 10.7. The van der Waals surface area contributed by atoms with Gasteiger partial charge in [0.05, 0.1) is 0 Å². The van der Waals surface area contributed by atoms with E-state index in [0.29, 0.717) is 5.58 Å². The molecule has 1 heterocycles. The van der Waals surface area contributed by atoms with Crippen LogP contribution in [0.1, 0.15) is 0 Å². The molecule has 0 aliphatic carbocycles. The number of para-hydroxylation sites is 1. The Labute approximate surface area is 79.0 Å².